The summed E-state index contributed by atoms with van der Waals surface area (Å²) >= 11 is 0. The van der Waals surface area contributed by atoms with Crippen molar-refractivity contribution < 1.29 is 14.3 Å². The molecule has 0 fully saturated rings. The predicted octanol–water partition coefficient (Wildman–Crippen LogP) is 5.52. The Morgan fingerprint density at radius 3 is 2.32 bits per heavy atom. The number of hydrogen-bond donors (Lipinski definition) is 3. The summed E-state index contributed by atoms with van der Waals surface area (Å²) in [5.74, 6) is 1.89. The maximum Gasteiger partial charge on any atom is 0.323 e. The SMILES string of the molecule is COc1cc2ncnc(NCc3cccc(NC(=O)Nc4ccc(C)c(C)c4)c3)c2cc1OC. The van der Waals surface area contributed by atoms with Crippen molar-refractivity contribution in [3.63, 3.8) is 0 Å². The molecule has 0 saturated heterocycles. The maximum atomic E-state index is 12.5. The van der Waals surface area contributed by atoms with Gasteiger partial charge in [0.25, 0.3) is 0 Å². The largest absolute Gasteiger partial charge is 0.493 e. The number of urea groups is 1. The van der Waals surface area contributed by atoms with Gasteiger partial charge in [0, 0.05) is 29.4 Å². The number of benzene rings is 3. The number of hydrogen-bond acceptors (Lipinski definition) is 6. The lowest BCUT2D eigenvalue weighted by Gasteiger charge is -2.13. The number of nitrogens with zero attached hydrogens (tertiary/aromatic N) is 2. The summed E-state index contributed by atoms with van der Waals surface area (Å²) < 4.78 is 10.8. The van der Waals surface area contributed by atoms with Gasteiger partial charge in [0.1, 0.15) is 12.1 Å². The topological polar surface area (TPSA) is 97.4 Å². The van der Waals surface area contributed by atoms with Crippen molar-refractivity contribution in [3.05, 3.63) is 77.6 Å². The number of fused-ring (bicyclic) bond motifs is 1. The number of carbonyl (C=O) groups excluding carboxylic acids is 1. The van der Waals surface area contributed by atoms with Crippen LogP contribution in [0.25, 0.3) is 10.9 Å². The predicted molar refractivity (Wildman–Crippen MR) is 135 cm³/mol. The molecule has 0 radical (unpaired) electrons. The Kier molecular flexibility index (Phi) is 6.77. The van der Waals surface area contributed by atoms with Crippen LogP contribution in [0.5, 0.6) is 11.5 Å². The summed E-state index contributed by atoms with van der Waals surface area (Å²) in [5, 5.41) is 9.93. The minimum atomic E-state index is -0.295. The molecular weight excluding hydrogens is 430 g/mol. The normalized spacial score (nSPS) is 10.6. The zero-order valence-electron chi connectivity index (χ0n) is 19.6. The van der Waals surface area contributed by atoms with Gasteiger partial charge in [0.2, 0.25) is 0 Å². The van der Waals surface area contributed by atoms with Crippen LogP contribution in [0.3, 0.4) is 0 Å². The van der Waals surface area contributed by atoms with E-state index in [4.69, 9.17) is 9.47 Å². The first-order valence-corrected chi connectivity index (χ1v) is 10.8. The maximum absolute atomic E-state index is 12.5. The fourth-order valence-electron chi connectivity index (χ4n) is 3.58. The smallest absolute Gasteiger partial charge is 0.323 e. The van der Waals surface area contributed by atoms with E-state index in [2.05, 4.69) is 25.9 Å². The molecule has 0 bridgehead atoms. The molecule has 4 aromatic rings. The summed E-state index contributed by atoms with van der Waals surface area (Å²) in [6.07, 6.45) is 1.51. The molecule has 0 spiro atoms. The lowest BCUT2D eigenvalue weighted by Crippen LogP contribution is -2.19. The van der Waals surface area contributed by atoms with Gasteiger partial charge in [-0.25, -0.2) is 14.8 Å². The Hall–Kier alpha value is -4.33. The van der Waals surface area contributed by atoms with Crippen LogP contribution >= 0.6 is 0 Å². The van der Waals surface area contributed by atoms with Gasteiger partial charge in [0.05, 0.1) is 19.7 Å². The number of aryl methyl sites for hydroxylation is 2. The zero-order chi connectivity index (χ0) is 24.1. The molecule has 0 atom stereocenters. The molecule has 34 heavy (non-hydrogen) atoms. The molecule has 3 aromatic carbocycles. The molecule has 4 rings (SSSR count). The molecule has 0 aliphatic carbocycles. The minimum Gasteiger partial charge on any atom is -0.493 e. The van der Waals surface area contributed by atoms with Gasteiger partial charge in [-0.2, -0.15) is 0 Å². The summed E-state index contributed by atoms with van der Waals surface area (Å²) in [4.78, 5) is 21.2. The van der Waals surface area contributed by atoms with Gasteiger partial charge in [-0.1, -0.05) is 18.2 Å². The molecule has 0 saturated carbocycles. The van der Waals surface area contributed by atoms with Crippen LogP contribution < -0.4 is 25.4 Å². The second-order valence-electron chi connectivity index (χ2n) is 7.88. The molecule has 0 aliphatic heterocycles. The number of amides is 2. The third-order valence-electron chi connectivity index (χ3n) is 5.55. The highest BCUT2D eigenvalue weighted by atomic mass is 16.5. The Morgan fingerprint density at radius 1 is 0.853 bits per heavy atom. The van der Waals surface area contributed by atoms with Crippen LogP contribution in [0, 0.1) is 13.8 Å². The Labute approximate surface area is 198 Å². The van der Waals surface area contributed by atoms with Crippen LogP contribution in [0.2, 0.25) is 0 Å². The average Bonchev–Trinajstić information content (AvgIpc) is 2.84. The van der Waals surface area contributed by atoms with Crippen molar-refractivity contribution in [2.75, 3.05) is 30.2 Å². The molecule has 0 aliphatic rings. The van der Waals surface area contributed by atoms with Crippen molar-refractivity contribution in [1.82, 2.24) is 9.97 Å². The van der Waals surface area contributed by atoms with Gasteiger partial charge < -0.3 is 25.4 Å². The Bertz CT molecular complexity index is 1340. The van der Waals surface area contributed by atoms with E-state index < -0.39 is 0 Å². The van der Waals surface area contributed by atoms with E-state index in [-0.39, 0.29) is 6.03 Å². The number of rotatable bonds is 7. The fourth-order valence-corrected chi connectivity index (χ4v) is 3.58. The van der Waals surface area contributed by atoms with E-state index in [1.807, 2.05) is 68.4 Å². The first-order valence-electron chi connectivity index (χ1n) is 10.8. The second-order valence-corrected chi connectivity index (χ2v) is 7.88. The van der Waals surface area contributed by atoms with Crippen molar-refractivity contribution >= 4 is 34.1 Å². The van der Waals surface area contributed by atoms with Gasteiger partial charge in [-0.15, -0.1) is 0 Å². The highest BCUT2D eigenvalue weighted by molar-refractivity contribution is 5.99. The summed E-state index contributed by atoms with van der Waals surface area (Å²) in [6, 6.07) is 16.8. The van der Waals surface area contributed by atoms with E-state index in [9.17, 15) is 4.79 Å². The monoisotopic (exact) mass is 457 g/mol. The number of aromatic nitrogens is 2. The number of nitrogens with one attached hydrogen (secondary N) is 3. The molecule has 0 unspecified atom stereocenters. The first-order chi connectivity index (χ1) is 16.5. The highest BCUT2D eigenvalue weighted by Gasteiger charge is 2.11. The van der Waals surface area contributed by atoms with Crippen LogP contribution in [0.1, 0.15) is 16.7 Å². The van der Waals surface area contributed by atoms with Gasteiger partial charge in [0.15, 0.2) is 11.5 Å². The van der Waals surface area contributed by atoms with Gasteiger partial charge in [-0.3, -0.25) is 0 Å². The van der Waals surface area contributed by atoms with E-state index in [0.29, 0.717) is 29.5 Å². The van der Waals surface area contributed by atoms with E-state index in [1.54, 1.807) is 14.2 Å². The van der Waals surface area contributed by atoms with Crippen LogP contribution in [0.15, 0.2) is 60.9 Å². The first kappa shape index (κ1) is 22.8. The molecule has 8 heteroatoms. The molecule has 3 N–H and O–H groups in total. The van der Waals surface area contributed by atoms with Crippen LogP contribution in [-0.4, -0.2) is 30.2 Å². The molecule has 8 nitrogen and oxygen atoms in total. The molecule has 174 valence electrons. The number of ether oxygens (including phenoxy) is 2. The van der Waals surface area contributed by atoms with E-state index >= 15 is 0 Å². The van der Waals surface area contributed by atoms with Crippen molar-refractivity contribution in [2.45, 2.75) is 20.4 Å². The Balaban J connectivity index is 1.45. The highest BCUT2D eigenvalue weighted by Crippen LogP contribution is 2.33. The third-order valence-corrected chi connectivity index (χ3v) is 5.55. The quantitative estimate of drug-likeness (QED) is 0.338. The molecule has 1 heterocycles. The fraction of sp³-hybridized carbons (Fsp3) is 0.192. The van der Waals surface area contributed by atoms with E-state index in [0.717, 1.165) is 27.7 Å². The summed E-state index contributed by atoms with van der Waals surface area (Å²) in [5.41, 5.74) is 5.48. The molecule has 1 aromatic heterocycles. The Morgan fingerprint density at radius 2 is 1.59 bits per heavy atom. The minimum absolute atomic E-state index is 0.295. The van der Waals surface area contributed by atoms with Crippen molar-refractivity contribution in [3.8, 4) is 11.5 Å². The van der Waals surface area contributed by atoms with Crippen LogP contribution in [0.4, 0.5) is 22.0 Å². The average molecular weight is 458 g/mol. The van der Waals surface area contributed by atoms with Crippen LogP contribution in [-0.2, 0) is 6.54 Å². The zero-order valence-corrected chi connectivity index (χ0v) is 19.6. The number of methoxy groups -OCH3 is 2. The van der Waals surface area contributed by atoms with Crippen molar-refractivity contribution in [2.24, 2.45) is 0 Å². The lowest BCUT2D eigenvalue weighted by molar-refractivity contribution is 0.262. The summed E-state index contributed by atoms with van der Waals surface area (Å²) in [6.45, 7) is 4.56. The standard InChI is InChI=1S/C26H27N5O3/c1-16-8-9-20(10-17(16)2)31-26(32)30-19-7-5-6-18(11-19)14-27-25-21-12-23(33-3)24(34-4)13-22(21)28-15-29-25/h5-13,15H,14H2,1-4H3,(H,27,28,29)(H2,30,31,32). The van der Waals surface area contributed by atoms with Gasteiger partial charge >= 0.3 is 6.03 Å². The lowest BCUT2D eigenvalue weighted by atomic mass is 10.1. The molecular formula is C26H27N5O3. The molecule has 2 amide bonds. The second kappa shape index (κ2) is 10.1. The van der Waals surface area contributed by atoms with Gasteiger partial charge in [-0.05, 0) is 60.9 Å². The van der Waals surface area contributed by atoms with Crippen molar-refractivity contribution in [1.29, 1.82) is 0 Å². The number of anilines is 3. The third kappa shape index (κ3) is 5.17. The summed E-state index contributed by atoms with van der Waals surface area (Å²) in [7, 11) is 3.18. The van der Waals surface area contributed by atoms with E-state index in [1.165, 1.54) is 11.9 Å². The number of carbonyl (C=O) groups is 1.